The van der Waals surface area contributed by atoms with E-state index in [1.807, 2.05) is 6.07 Å². The molecule has 136 valence electrons. The molecule has 8 nitrogen and oxygen atoms in total. The van der Waals surface area contributed by atoms with Crippen molar-refractivity contribution >= 4 is 21.8 Å². The molecule has 2 heterocycles. The monoisotopic (exact) mass is 375 g/mol. The average molecular weight is 375 g/mol. The molecule has 1 N–H and O–H groups in total. The van der Waals surface area contributed by atoms with Gasteiger partial charge in [0.15, 0.2) is 15.6 Å². The van der Waals surface area contributed by atoms with Gasteiger partial charge in [0.2, 0.25) is 5.91 Å². The first-order chi connectivity index (χ1) is 12.5. The number of nitrogens with zero attached hydrogens (tertiary/aromatic N) is 2. The predicted octanol–water partition coefficient (Wildman–Crippen LogP) is 2.66. The van der Waals surface area contributed by atoms with E-state index in [1.54, 1.807) is 36.4 Å². The van der Waals surface area contributed by atoms with Crippen molar-refractivity contribution in [3.8, 4) is 11.7 Å². The van der Waals surface area contributed by atoms with Crippen LogP contribution in [0.3, 0.4) is 0 Å². The highest BCUT2D eigenvalue weighted by Gasteiger charge is 2.15. The molecule has 0 bridgehead atoms. The second-order valence-electron chi connectivity index (χ2n) is 5.62. The van der Waals surface area contributed by atoms with Crippen LogP contribution in [0.1, 0.15) is 18.4 Å². The van der Waals surface area contributed by atoms with Crippen molar-refractivity contribution in [2.75, 3.05) is 11.1 Å². The Labute approximate surface area is 150 Å². The van der Waals surface area contributed by atoms with E-state index >= 15 is 0 Å². The van der Waals surface area contributed by atoms with Gasteiger partial charge in [-0.15, -0.1) is 5.10 Å². The number of amides is 1. The first-order valence-corrected chi connectivity index (χ1v) is 9.75. The predicted molar refractivity (Wildman–Crippen MR) is 93.8 cm³/mol. The Morgan fingerprint density at radius 2 is 1.88 bits per heavy atom. The molecule has 1 amide bonds. The quantitative estimate of drug-likeness (QED) is 0.643. The standard InChI is InChI=1S/C17H17N3O5S/c21-15(18-17-20-19-16(25-17)14-8-4-10-24-14)9-5-11-26(22,23)12-13-6-2-1-3-7-13/h1-4,6-8,10H,5,9,11-12H2,(H,18,20,21). The van der Waals surface area contributed by atoms with Gasteiger partial charge >= 0.3 is 6.01 Å². The van der Waals surface area contributed by atoms with E-state index < -0.39 is 15.7 Å². The van der Waals surface area contributed by atoms with Crippen molar-refractivity contribution in [3.63, 3.8) is 0 Å². The molecule has 0 radical (unpaired) electrons. The number of hydrogen-bond donors (Lipinski definition) is 1. The van der Waals surface area contributed by atoms with Gasteiger partial charge in [0.1, 0.15) is 0 Å². The molecular formula is C17H17N3O5S. The van der Waals surface area contributed by atoms with Gasteiger partial charge in [-0.25, -0.2) is 8.42 Å². The minimum atomic E-state index is -3.27. The van der Waals surface area contributed by atoms with Gasteiger partial charge in [0, 0.05) is 6.42 Å². The van der Waals surface area contributed by atoms with E-state index in [0.29, 0.717) is 5.76 Å². The van der Waals surface area contributed by atoms with E-state index in [0.717, 1.165) is 5.56 Å². The van der Waals surface area contributed by atoms with Gasteiger partial charge < -0.3 is 8.83 Å². The number of benzene rings is 1. The number of carbonyl (C=O) groups excluding carboxylic acids is 1. The Morgan fingerprint density at radius 1 is 1.08 bits per heavy atom. The highest BCUT2D eigenvalue weighted by molar-refractivity contribution is 7.90. The third-order valence-corrected chi connectivity index (χ3v) is 5.18. The van der Waals surface area contributed by atoms with Gasteiger partial charge in [-0.2, -0.15) is 0 Å². The van der Waals surface area contributed by atoms with Crippen LogP contribution in [0.2, 0.25) is 0 Å². The SMILES string of the molecule is O=C(CCCS(=O)(=O)Cc1ccccc1)Nc1nnc(-c2ccco2)o1. The Balaban J connectivity index is 1.45. The number of nitrogens with one attached hydrogen (secondary N) is 1. The largest absolute Gasteiger partial charge is 0.459 e. The van der Waals surface area contributed by atoms with Gasteiger partial charge in [0.25, 0.3) is 5.89 Å². The summed E-state index contributed by atoms with van der Waals surface area (Å²) < 4.78 is 34.6. The summed E-state index contributed by atoms with van der Waals surface area (Å²) in [4.78, 5) is 11.9. The topological polar surface area (TPSA) is 115 Å². The highest BCUT2D eigenvalue weighted by atomic mass is 32.2. The van der Waals surface area contributed by atoms with Crippen LogP contribution in [-0.4, -0.2) is 30.3 Å². The molecule has 2 aromatic heterocycles. The molecule has 0 aliphatic carbocycles. The van der Waals surface area contributed by atoms with E-state index in [9.17, 15) is 13.2 Å². The molecule has 0 unspecified atom stereocenters. The first-order valence-electron chi connectivity index (χ1n) is 7.93. The third kappa shape index (κ3) is 5.03. The lowest BCUT2D eigenvalue weighted by Gasteiger charge is -2.04. The summed E-state index contributed by atoms with van der Waals surface area (Å²) in [6.07, 6.45) is 1.71. The van der Waals surface area contributed by atoms with Crippen LogP contribution in [0.5, 0.6) is 0 Å². The zero-order chi connectivity index (χ0) is 18.4. The van der Waals surface area contributed by atoms with Crippen LogP contribution >= 0.6 is 0 Å². The molecule has 0 atom stereocenters. The molecule has 0 saturated heterocycles. The second kappa shape index (κ2) is 7.96. The van der Waals surface area contributed by atoms with Gasteiger partial charge in [-0.05, 0) is 24.1 Å². The van der Waals surface area contributed by atoms with Crippen molar-refractivity contribution in [1.82, 2.24) is 10.2 Å². The van der Waals surface area contributed by atoms with Crippen LogP contribution in [0.15, 0.2) is 57.6 Å². The summed E-state index contributed by atoms with van der Waals surface area (Å²) in [5.74, 6) is 0.0397. The molecule has 26 heavy (non-hydrogen) atoms. The zero-order valence-corrected chi connectivity index (χ0v) is 14.6. The van der Waals surface area contributed by atoms with Crippen molar-refractivity contribution in [1.29, 1.82) is 0 Å². The smallest absolute Gasteiger partial charge is 0.322 e. The van der Waals surface area contributed by atoms with Crippen molar-refractivity contribution in [2.24, 2.45) is 0 Å². The summed E-state index contributed by atoms with van der Waals surface area (Å²) in [5.41, 5.74) is 0.730. The lowest BCUT2D eigenvalue weighted by Crippen LogP contribution is -2.15. The number of rotatable bonds is 8. The fraction of sp³-hybridized carbons (Fsp3) is 0.235. The summed E-state index contributed by atoms with van der Waals surface area (Å²) in [5, 5.41) is 9.90. The van der Waals surface area contributed by atoms with Gasteiger partial charge in [-0.1, -0.05) is 35.4 Å². The van der Waals surface area contributed by atoms with Crippen LogP contribution in [0.25, 0.3) is 11.7 Å². The highest BCUT2D eigenvalue weighted by Crippen LogP contribution is 2.20. The van der Waals surface area contributed by atoms with Gasteiger partial charge in [-0.3, -0.25) is 10.1 Å². The number of sulfone groups is 1. The van der Waals surface area contributed by atoms with Crippen molar-refractivity contribution in [3.05, 3.63) is 54.3 Å². The Hall–Kier alpha value is -2.94. The van der Waals surface area contributed by atoms with E-state index in [2.05, 4.69) is 15.5 Å². The molecule has 0 spiro atoms. The third-order valence-electron chi connectivity index (χ3n) is 3.49. The Kier molecular flexibility index (Phi) is 5.47. The van der Waals surface area contributed by atoms with E-state index in [-0.39, 0.29) is 36.3 Å². The normalized spacial score (nSPS) is 11.4. The van der Waals surface area contributed by atoms with Crippen molar-refractivity contribution in [2.45, 2.75) is 18.6 Å². The lowest BCUT2D eigenvalue weighted by atomic mass is 10.2. The maximum atomic E-state index is 12.1. The van der Waals surface area contributed by atoms with Gasteiger partial charge in [0.05, 0.1) is 17.8 Å². The summed E-state index contributed by atoms with van der Waals surface area (Å²) in [6.45, 7) is 0. The molecule has 3 aromatic rings. The zero-order valence-electron chi connectivity index (χ0n) is 13.8. The first kappa shape index (κ1) is 17.9. The fourth-order valence-electron chi connectivity index (χ4n) is 2.31. The number of hydrogen-bond acceptors (Lipinski definition) is 7. The number of aromatic nitrogens is 2. The Bertz CT molecular complexity index is 949. The summed E-state index contributed by atoms with van der Waals surface area (Å²) >= 11 is 0. The summed E-state index contributed by atoms with van der Waals surface area (Å²) in [6, 6.07) is 12.2. The molecule has 3 rings (SSSR count). The number of furan rings is 1. The van der Waals surface area contributed by atoms with Crippen LogP contribution in [0.4, 0.5) is 6.01 Å². The maximum Gasteiger partial charge on any atom is 0.322 e. The van der Waals surface area contributed by atoms with Crippen molar-refractivity contribution < 1.29 is 22.0 Å². The number of anilines is 1. The molecule has 9 heteroatoms. The fourth-order valence-corrected chi connectivity index (χ4v) is 3.74. The molecule has 1 aromatic carbocycles. The van der Waals surface area contributed by atoms with Crippen LogP contribution in [0, 0.1) is 0 Å². The molecule has 0 aliphatic heterocycles. The minimum absolute atomic E-state index is 0.0342. The van der Waals surface area contributed by atoms with Crippen LogP contribution < -0.4 is 5.32 Å². The summed E-state index contributed by atoms with van der Waals surface area (Å²) in [7, 11) is -3.27. The van der Waals surface area contributed by atoms with Crippen LogP contribution in [-0.2, 0) is 20.4 Å². The second-order valence-corrected chi connectivity index (χ2v) is 7.80. The Morgan fingerprint density at radius 3 is 2.62 bits per heavy atom. The van der Waals surface area contributed by atoms with E-state index in [4.69, 9.17) is 8.83 Å². The maximum absolute atomic E-state index is 12.1. The lowest BCUT2D eigenvalue weighted by molar-refractivity contribution is -0.116. The average Bonchev–Trinajstić information content (AvgIpc) is 3.26. The minimum Gasteiger partial charge on any atom is -0.459 e. The molecular weight excluding hydrogens is 358 g/mol. The number of carbonyl (C=O) groups is 1. The molecule has 0 aliphatic rings. The molecule has 0 fully saturated rings. The van der Waals surface area contributed by atoms with E-state index in [1.165, 1.54) is 6.26 Å². The molecule has 0 saturated carbocycles.